The third-order valence-electron chi connectivity index (χ3n) is 5.82. The van der Waals surface area contributed by atoms with E-state index in [1.54, 1.807) is 18.0 Å². The monoisotopic (exact) mass is 391 g/mol. The van der Waals surface area contributed by atoms with Crippen molar-refractivity contribution in [2.45, 2.75) is 45.2 Å². The topological polar surface area (TPSA) is 79.7 Å². The van der Waals surface area contributed by atoms with Gasteiger partial charge in [0.2, 0.25) is 11.8 Å². The van der Waals surface area contributed by atoms with Crippen LogP contribution in [0.5, 0.6) is 0 Å². The zero-order valence-electron chi connectivity index (χ0n) is 17.1. The number of carbonyl (C=O) groups excluding carboxylic acids is 2. The number of aromatic nitrogens is 2. The van der Waals surface area contributed by atoms with Crippen LogP contribution in [0, 0.1) is 12.8 Å². The number of methoxy groups -OCH3 is 1. The normalized spacial score (nSPS) is 21.6. The number of hydrogen-bond donors (Lipinski definition) is 1. The first-order valence-electron chi connectivity index (χ1n) is 10.3. The number of piperidine rings is 2. The SMILES string of the molecule is COCCNC(=O)[C@H]1CCCN(C2CCN(C(=O)Cn3cc(C)cn3)CC2)C1. The van der Waals surface area contributed by atoms with Crippen LogP contribution in [0.2, 0.25) is 0 Å². The molecular formula is C20H33N5O3. The molecule has 1 N–H and O–H groups in total. The number of carbonyl (C=O) groups is 2. The molecule has 0 saturated carbocycles. The second-order valence-electron chi connectivity index (χ2n) is 7.95. The highest BCUT2D eigenvalue weighted by atomic mass is 16.5. The van der Waals surface area contributed by atoms with Crippen molar-refractivity contribution >= 4 is 11.8 Å². The minimum atomic E-state index is 0.0633. The van der Waals surface area contributed by atoms with Gasteiger partial charge in [-0.15, -0.1) is 0 Å². The van der Waals surface area contributed by atoms with Gasteiger partial charge in [0.1, 0.15) is 6.54 Å². The first kappa shape index (κ1) is 20.8. The van der Waals surface area contributed by atoms with Crippen molar-refractivity contribution in [1.29, 1.82) is 0 Å². The highest BCUT2D eigenvalue weighted by Crippen LogP contribution is 2.24. The quantitative estimate of drug-likeness (QED) is 0.691. The minimum absolute atomic E-state index is 0.0633. The van der Waals surface area contributed by atoms with E-state index in [0.717, 1.165) is 57.4 Å². The van der Waals surface area contributed by atoms with E-state index in [0.29, 0.717) is 25.7 Å². The summed E-state index contributed by atoms with van der Waals surface area (Å²) in [5, 5.41) is 7.18. The number of nitrogens with zero attached hydrogens (tertiary/aromatic N) is 4. The molecular weight excluding hydrogens is 358 g/mol. The van der Waals surface area contributed by atoms with Crippen molar-refractivity contribution in [2.24, 2.45) is 5.92 Å². The Hall–Kier alpha value is -1.93. The van der Waals surface area contributed by atoms with Gasteiger partial charge in [-0.3, -0.25) is 19.2 Å². The maximum absolute atomic E-state index is 12.5. The van der Waals surface area contributed by atoms with E-state index in [1.165, 1.54) is 0 Å². The van der Waals surface area contributed by atoms with Crippen LogP contribution in [0.15, 0.2) is 12.4 Å². The van der Waals surface area contributed by atoms with Crippen molar-refractivity contribution in [3.63, 3.8) is 0 Å². The van der Waals surface area contributed by atoms with Crippen LogP contribution in [0.3, 0.4) is 0 Å². The summed E-state index contributed by atoms with van der Waals surface area (Å²) < 4.78 is 6.71. The van der Waals surface area contributed by atoms with E-state index >= 15 is 0 Å². The molecule has 0 radical (unpaired) electrons. The van der Waals surface area contributed by atoms with Crippen LogP contribution in [0.1, 0.15) is 31.2 Å². The first-order valence-corrected chi connectivity index (χ1v) is 10.3. The molecule has 0 aliphatic carbocycles. The van der Waals surface area contributed by atoms with Gasteiger partial charge in [0.15, 0.2) is 0 Å². The van der Waals surface area contributed by atoms with Gasteiger partial charge >= 0.3 is 0 Å². The average molecular weight is 392 g/mol. The summed E-state index contributed by atoms with van der Waals surface area (Å²) in [7, 11) is 1.64. The van der Waals surface area contributed by atoms with Crippen LogP contribution in [-0.2, 0) is 20.9 Å². The predicted molar refractivity (Wildman–Crippen MR) is 106 cm³/mol. The minimum Gasteiger partial charge on any atom is -0.383 e. The smallest absolute Gasteiger partial charge is 0.244 e. The Balaban J connectivity index is 1.43. The van der Waals surface area contributed by atoms with Gasteiger partial charge in [0.05, 0.1) is 18.7 Å². The molecule has 2 amide bonds. The summed E-state index contributed by atoms with van der Waals surface area (Å²) in [4.78, 5) is 29.3. The summed E-state index contributed by atoms with van der Waals surface area (Å²) in [6.45, 7) is 6.84. The Labute approximate surface area is 167 Å². The van der Waals surface area contributed by atoms with Gasteiger partial charge in [-0.1, -0.05) is 0 Å². The summed E-state index contributed by atoms with van der Waals surface area (Å²) in [6, 6.07) is 0.463. The van der Waals surface area contributed by atoms with Crippen molar-refractivity contribution in [3.8, 4) is 0 Å². The zero-order valence-corrected chi connectivity index (χ0v) is 17.1. The van der Waals surface area contributed by atoms with Crippen LogP contribution in [-0.4, -0.2) is 83.9 Å². The molecule has 2 aliphatic heterocycles. The van der Waals surface area contributed by atoms with Crippen LogP contribution < -0.4 is 5.32 Å². The van der Waals surface area contributed by atoms with E-state index in [4.69, 9.17) is 4.74 Å². The molecule has 1 aromatic heterocycles. The van der Waals surface area contributed by atoms with Gasteiger partial charge in [-0.05, 0) is 44.7 Å². The lowest BCUT2D eigenvalue weighted by molar-refractivity contribution is -0.133. The second-order valence-corrected chi connectivity index (χ2v) is 7.95. The summed E-state index contributed by atoms with van der Waals surface area (Å²) in [5.74, 6) is 0.341. The number of amides is 2. The van der Waals surface area contributed by atoms with Crippen molar-refractivity contribution < 1.29 is 14.3 Å². The molecule has 3 rings (SSSR count). The highest BCUT2D eigenvalue weighted by molar-refractivity contribution is 5.79. The standard InChI is InChI=1S/C20H33N5O3/c1-16-12-22-25(13-16)15-19(26)23-9-5-18(6-10-23)24-8-3-4-17(14-24)20(27)21-7-11-28-2/h12-13,17-18H,3-11,14-15H2,1-2H3,(H,21,27)/t17-/m0/s1. The lowest BCUT2D eigenvalue weighted by atomic mass is 9.93. The number of likely N-dealkylation sites (tertiary alicyclic amines) is 2. The number of hydrogen-bond acceptors (Lipinski definition) is 5. The van der Waals surface area contributed by atoms with E-state index in [1.807, 2.05) is 18.0 Å². The average Bonchev–Trinajstić information content (AvgIpc) is 3.13. The summed E-state index contributed by atoms with van der Waals surface area (Å²) in [6.07, 6.45) is 7.63. The molecule has 1 aromatic rings. The molecule has 8 nitrogen and oxygen atoms in total. The van der Waals surface area contributed by atoms with Crippen LogP contribution >= 0.6 is 0 Å². The third kappa shape index (κ3) is 5.54. The number of ether oxygens (including phenoxy) is 1. The van der Waals surface area contributed by atoms with E-state index in [9.17, 15) is 9.59 Å². The fourth-order valence-electron chi connectivity index (χ4n) is 4.25. The van der Waals surface area contributed by atoms with Crippen molar-refractivity contribution in [1.82, 2.24) is 24.9 Å². The molecule has 0 aromatic carbocycles. The molecule has 2 saturated heterocycles. The molecule has 3 heterocycles. The van der Waals surface area contributed by atoms with E-state index < -0.39 is 0 Å². The Bertz CT molecular complexity index is 654. The predicted octanol–water partition coefficient (Wildman–Crippen LogP) is 0.657. The van der Waals surface area contributed by atoms with E-state index in [-0.39, 0.29) is 17.7 Å². The molecule has 8 heteroatoms. The zero-order chi connectivity index (χ0) is 19.9. The van der Waals surface area contributed by atoms with Crippen LogP contribution in [0.25, 0.3) is 0 Å². The fraction of sp³-hybridized carbons (Fsp3) is 0.750. The molecule has 156 valence electrons. The Morgan fingerprint density at radius 3 is 2.71 bits per heavy atom. The largest absolute Gasteiger partial charge is 0.383 e. The maximum atomic E-state index is 12.5. The molecule has 28 heavy (non-hydrogen) atoms. The van der Waals surface area contributed by atoms with Crippen molar-refractivity contribution in [2.75, 3.05) is 46.4 Å². The van der Waals surface area contributed by atoms with E-state index in [2.05, 4.69) is 15.3 Å². The molecule has 1 atom stereocenters. The van der Waals surface area contributed by atoms with Crippen molar-refractivity contribution in [3.05, 3.63) is 18.0 Å². The first-order chi connectivity index (χ1) is 13.6. The maximum Gasteiger partial charge on any atom is 0.244 e. The summed E-state index contributed by atoms with van der Waals surface area (Å²) >= 11 is 0. The van der Waals surface area contributed by atoms with Gasteiger partial charge < -0.3 is 15.0 Å². The third-order valence-corrected chi connectivity index (χ3v) is 5.82. The second kappa shape index (κ2) is 10.0. The van der Waals surface area contributed by atoms with Gasteiger partial charge in [-0.25, -0.2) is 0 Å². The fourth-order valence-corrected chi connectivity index (χ4v) is 4.25. The number of rotatable bonds is 7. The lowest BCUT2D eigenvalue weighted by Crippen LogP contribution is -2.52. The summed E-state index contributed by atoms with van der Waals surface area (Å²) in [5.41, 5.74) is 1.07. The molecule has 0 bridgehead atoms. The lowest BCUT2D eigenvalue weighted by Gasteiger charge is -2.42. The van der Waals surface area contributed by atoms with Gasteiger partial charge in [-0.2, -0.15) is 5.10 Å². The molecule has 2 aliphatic rings. The Morgan fingerprint density at radius 2 is 2.04 bits per heavy atom. The van der Waals surface area contributed by atoms with Gasteiger partial charge in [0.25, 0.3) is 0 Å². The number of nitrogens with one attached hydrogen (secondary N) is 1. The molecule has 2 fully saturated rings. The number of aryl methyl sites for hydroxylation is 1. The molecule has 0 spiro atoms. The van der Waals surface area contributed by atoms with Gasteiger partial charge in [0, 0.05) is 45.5 Å². The molecule has 0 unspecified atom stereocenters. The van der Waals surface area contributed by atoms with Crippen LogP contribution in [0.4, 0.5) is 0 Å². The Kier molecular flexibility index (Phi) is 7.44. The highest BCUT2D eigenvalue weighted by Gasteiger charge is 2.32. The Morgan fingerprint density at radius 1 is 1.25 bits per heavy atom.